The van der Waals surface area contributed by atoms with Crippen molar-refractivity contribution in [1.82, 2.24) is 9.47 Å². The van der Waals surface area contributed by atoms with Gasteiger partial charge in [-0.1, -0.05) is 0 Å². The number of methoxy groups -OCH3 is 1. The molecule has 1 amide bonds. The highest BCUT2D eigenvalue weighted by Crippen LogP contribution is 2.52. The Balaban J connectivity index is 0.000000415. The predicted octanol–water partition coefficient (Wildman–Crippen LogP) is 0.272. The van der Waals surface area contributed by atoms with E-state index in [-0.39, 0.29) is 30.0 Å². The van der Waals surface area contributed by atoms with Crippen molar-refractivity contribution in [1.29, 1.82) is 0 Å². The number of carbonyl (C=O) groups is 3. The lowest BCUT2D eigenvalue weighted by atomic mass is 9.91. The molecule has 3 unspecified atom stereocenters. The molecule has 0 bridgehead atoms. The Morgan fingerprint density at radius 1 is 1.36 bits per heavy atom. The van der Waals surface area contributed by atoms with E-state index in [1.54, 1.807) is 6.92 Å². The number of nitrogens with two attached hydrogens (primary N) is 1. The third kappa shape index (κ3) is 2.27. The average molecular weight is 349 g/mol. The normalized spacial score (nSPS) is 25.7. The maximum Gasteiger partial charge on any atom is 0.402 e. The number of hydrogen-bond donors (Lipinski definition) is 3. The molecule has 25 heavy (non-hydrogen) atoms. The number of aliphatic hydroxyl groups excluding tert-OH is 1. The van der Waals surface area contributed by atoms with Crippen LogP contribution in [-0.2, 0) is 17.9 Å². The van der Waals surface area contributed by atoms with Crippen molar-refractivity contribution in [3.63, 3.8) is 0 Å². The molecule has 1 fully saturated rings. The molecule has 3 atom stereocenters. The van der Waals surface area contributed by atoms with E-state index in [1.165, 1.54) is 7.11 Å². The van der Waals surface area contributed by atoms with Crippen molar-refractivity contribution in [2.24, 2.45) is 5.73 Å². The molecule has 1 aromatic rings. The lowest BCUT2D eigenvalue weighted by Crippen LogP contribution is -2.25. The van der Waals surface area contributed by atoms with Crippen molar-refractivity contribution >= 4 is 17.7 Å². The second-order valence-corrected chi connectivity index (χ2v) is 6.19. The first-order valence-electron chi connectivity index (χ1n) is 7.66. The maximum atomic E-state index is 12.6. The van der Waals surface area contributed by atoms with Gasteiger partial charge in [-0.15, -0.1) is 0 Å². The number of rotatable bonds is 2. The van der Waals surface area contributed by atoms with E-state index in [4.69, 9.17) is 14.6 Å². The van der Waals surface area contributed by atoms with Crippen molar-refractivity contribution in [2.45, 2.75) is 32.2 Å². The van der Waals surface area contributed by atoms with E-state index < -0.39 is 6.09 Å². The summed E-state index contributed by atoms with van der Waals surface area (Å²) in [5, 5.41) is 16.9. The number of hydrogen-bond acceptors (Lipinski definition) is 6. The minimum Gasteiger partial charge on any atom is -0.492 e. The third-order valence-corrected chi connectivity index (χ3v) is 4.99. The number of primary amides is 1. The summed E-state index contributed by atoms with van der Waals surface area (Å²) in [5.41, 5.74) is 6.63. The van der Waals surface area contributed by atoms with E-state index in [0.717, 1.165) is 5.69 Å². The summed E-state index contributed by atoms with van der Waals surface area (Å²) < 4.78 is 7.03. The molecule has 3 aliphatic rings. The number of carboxylic acid groups (broad SMARTS) is 1. The molecule has 4 N–H and O–H groups in total. The number of ether oxygens (including phenoxy) is 1. The van der Waals surface area contributed by atoms with Crippen LogP contribution in [0, 0.1) is 0 Å². The lowest BCUT2D eigenvalue weighted by molar-refractivity contribution is 0.0900. The lowest BCUT2D eigenvalue weighted by Gasteiger charge is -2.17. The third-order valence-electron chi connectivity index (χ3n) is 4.99. The SMILES string of the molecule is COC1=C(C)C(=O)c2c(c(CO)c3n2CC2C3N2C)C1=O.NC(=O)O. The van der Waals surface area contributed by atoms with Gasteiger partial charge in [0.2, 0.25) is 11.6 Å². The zero-order valence-corrected chi connectivity index (χ0v) is 14.1. The van der Waals surface area contributed by atoms with Gasteiger partial charge in [0.1, 0.15) is 5.69 Å². The molecule has 4 rings (SSSR count). The molecule has 1 saturated heterocycles. The number of likely N-dealkylation sites (N-methyl/N-ethyl adjacent to an activating group) is 1. The van der Waals surface area contributed by atoms with Crippen LogP contribution in [0.25, 0.3) is 0 Å². The number of allylic oxidation sites excluding steroid dienone is 2. The smallest absolute Gasteiger partial charge is 0.402 e. The molecule has 3 heterocycles. The Hall–Kier alpha value is -2.65. The van der Waals surface area contributed by atoms with Gasteiger partial charge < -0.3 is 25.3 Å². The number of nitrogens with zero attached hydrogens (tertiary/aromatic N) is 2. The number of carbonyl (C=O) groups excluding carboxylic acids is 2. The summed E-state index contributed by atoms with van der Waals surface area (Å²) in [7, 11) is 3.40. The summed E-state index contributed by atoms with van der Waals surface area (Å²) in [6.45, 7) is 2.08. The Morgan fingerprint density at radius 3 is 2.48 bits per heavy atom. The van der Waals surface area contributed by atoms with Gasteiger partial charge in [-0.3, -0.25) is 14.5 Å². The van der Waals surface area contributed by atoms with Crippen LogP contribution in [0.1, 0.15) is 45.1 Å². The summed E-state index contributed by atoms with van der Waals surface area (Å²) in [6, 6.07) is 0.594. The molecule has 1 aromatic heterocycles. The fourth-order valence-corrected chi connectivity index (χ4v) is 3.86. The largest absolute Gasteiger partial charge is 0.492 e. The Morgan fingerprint density at radius 2 is 1.96 bits per heavy atom. The van der Waals surface area contributed by atoms with Crippen LogP contribution in [0.4, 0.5) is 4.79 Å². The Kier molecular flexibility index (Phi) is 3.92. The first kappa shape index (κ1) is 17.2. The van der Waals surface area contributed by atoms with Gasteiger partial charge in [-0.2, -0.15) is 0 Å². The molecule has 134 valence electrons. The molecular formula is C16H19N3O6. The van der Waals surface area contributed by atoms with Crippen molar-refractivity contribution in [3.05, 3.63) is 33.8 Å². The number of aliphatic hydroxyl groups is 1. The van der Waals surface area contributed by atoms with Crippen LogP contribution in [0.15, 0.2) is 11.3 Å². The summed E-state index contributed by atoms with van der Waals surface area (Å²) in [4.78, 5) is 36.2. The van der Waals surface area contributed by atoms with Crippen LogP contribution in [0.3, 0.4) is 0 Å². The number of amides is 1. The summed E-state index contributed by atoms with van der Waals surface area (Å²) in [6.07, 6.45) is -1.33. The number of fused-ring (bicyclic) bond motifs is 5. The van der Waals surface area contributed by atoms with Gasteiger partial charge in [0, 0.05) is 29.4 Å². The van der Waals surface area contributed by atoms with Gasteiger partial charge in [-0.25, -0.2) is 4.79 Å². The molecule has 0 aromatic carbocycles. The molecule has 9 heteroatoms. The second kappa shape index (κ2) is 5.71. The number of ketones is 2. The van der Waals surface area contributed by atoms with Crippen LogP contribution in [-0.4, -0.2) is 57.5 Å². The topological polar surface area (TPSA) is 135 Å². The molecule has 9 nitrogen and oxygen atoms in total. The van der Waals surface area contributed by atoms with Crippen LogP contribution in [0.5, 0.6) is 0 Å². The molecule has 0 saturated carbocycles. The molecular weight excluding hydrogens is 330 g/mol. The summed E-state index contributed by atoms with van der Waals surface area (Å²) in [5.74, 6) is -0.381. The molecule has 1 aliphatic carbocycles. The fraction of sp³-hybridized carbons (Fsp3) is 0.438. The quantitative estimate of drug-likeness (QED) is 0.652. The van der Waals surface area contributed by atoms with Crippen molar-refractivity contribution < 1.29 is 29.3 Å². The standard InChI is InChI=1S/C15H16N2O4.CH3NO2/c1-6-13(19)12-9(14(20)15(6)21-3)7(5-18)10-11-8(16(11)2)4-17(10)12;2-1(3)4/h8,11,18H,4-5H2,1-3H3;2H2,(H,3,4). The van der Waals surface area contributed by atoms with Crippen molar-refractivity contribution in [2.75, 3.05) is 14.2 Å². The van der Waals surface area contributed by atoms with Crippen molar-refractivity contribution in [3.8, 4) is 0 Å². The summed E-state index contributed by atoms with van der Waals surface area (Å²) >= 11 is 0. The Labute approximate surface area is 143 Å². The molecule has 0 radical (unpaired) electrons. The highest BCUT2D eigenvalue weighted by atomic mass is 16.5. The van der Waals surface area contributed by atoms with Crippen LogP contribution < -0.4 is 5.73 Å². The highest BCUT2D eigenvalue weighted by molar-refractivity contribution is 6.26. The number of aromatic nitrogens is 1. The fourth-order valence-electron chi connectivity index (χ4n) is 3.86. The van der Waals surface area contributed by atoms with E-state index in [2.05, 4.69) is 10.6 Å². The maximum absolute atomic E-state index is 12.6. The zero-order chi connectivity index (χ0) is 18.6. The monoisotopic (exact) mass is 349 g/mol. The first-order chi connectivity index (χ1) is 11.8. The van der Waals surface area contributed by atoms with Gasteiger partial charge in [0.25, 0.3) is 0 Å². The van der Waals surface area contributed by atoms with E-state index in [0.29, 0.717) is 35.0 Å². The second-order valence-electron chi connectivity index (χ2n) is 6.19. The minimum absolute atomic E-state index is 0.0900. The van der Waals surface area contributed by atoms with Crippen LogP contribution >= 0.6 is 0 Å². The first-order valence-corrected chi connectivity index (χ1v) is 7.66. The minimum atomic E-state index is -1.33. The van der Waals surface area contributed by atoms with Crippen LogP contribution in [0.2, 0.25) is 0 Å². The van der Waals surface area contributed by atoms with E-state index in [9.17, 15) is 14.7 Å². The van der Waals surface area contributed by atoms with E-state index >= 15 is 0 Å². The van der Waals surface area contributed by atoms with Gasteiger partial charge >= 0.3 is 6.09 Å². The van der Waals surface area contributed by atoms with E-state index in [1.807, 2.05) is 11.6 Å². The molecule has 2 aliphatic heterocycles. The van der Waals surface area contributed by atoms with Gasteiger partial charge in [-0.05, 0) is 14.0 Å². The number of Topliss-reactive ketones (excluding diaryl/α,β-unsaturated/α-hetero) is 2. The molecule has 0 spiro atoms. The van der Waals surface area contributed by atoms with Gasteiger partial charge in [0.05, 0.1) is 25.3 Å². The van der Waals surface area contributed by atoms with Gasteiger partial charge in [0.15, 0.2) is 5.76 Å². The Bertz CT molecular complexity index is 833. The average Bonchev–Trinajstić information content (AvgIpc) is 2.90. The highest BCUT2D eigenvalue weighted by Gasteiger charge is 2.56. The predicted molar refractivity (Wildman–Crippen MR) is 85.2 cm³/mol. The zero-order valence-electron chi connectivity index (χ0n) is 14.1.